The van der Waals surface area contributed by atoms with Gasteiger partial charge in [0.05, 0.1) is 10.6 Å². The number of non-ortho nitro benzene ring substituents is 1. The van der Waals surface area contributed by atoms with E-state index in [0.29, 0.717) is 23.8 Å². The summed E-state index contributed by atoms with van der Waals surface area (Å²) in [6, 6.07) is 12.6. The number of nitrogens with zero attached hydrogens (tertiary/aromatic N) is 1. The minimum Gasteiger partial charge on any atom is -0.487 e. The molecule has 0 radical (unpaired) electrons. The topological polar surface area (TPSA) is 90.7 Å². The fourth-order valence-corrected chi connectivity index (χ4v) is 1.98. The van der Waals surface area contributed by atoms with E-state index in [1.54, 1.807) is 37.3 Å². The molecule has 0 heterocycles. The standard InChI is InChI=1S/C18H18N2O5/c1-3-12-24-17-7-5-4-6-16(17)19-18(21)13(2)25-15-10-8-14(9-11-15)20(22)23/h3-11,13H,1,12H2,2H3,(H,19,21). The van der Waals surface area contributed by atoms with Gasteiger partial charge in [0.15, 0.2) is 6.10 Å². The van der Waals surface area contributed by atoms with E-state index in [4.69, 9.17) is 9.47 Å². The number of hydrogen-bond donors (Lipinski definition) is 1. The van der Waals surface area contributed by atoms with E-state index in [0.717, 1.165) is 0 Å². The van der Waals surface area contributed by atoms with Gasteiger partial charge in [0.1, 0.15) is 18.1 Å². The number of anilines is 1. The number of nitrogens with one attached hydrogen (secondary N) is 1. The molecule has 0 aliphatic carbocycles. The summed E-state index contributed by atoms with van der Waals surface area (Å²) < 4.78 is 11.0. The minimum absolute atomic E-state index is 0.0438. The average molecular weight is 342 g/mol. The quantitative estimate of drug-likeness (QED) is 0.450. The van der Waals surface area contributed by atoms with Crippen molar-refractivity contribution in [1.82, 2.24) is 0 Å². The Balaban J connectivity index is 2.00. The highest BCUT2D eigenvalue weighted by Crippen LogP contribution is 2.24. The van der Waals surface area contributed by atoms with Crippen LogP contribution in [0.3, 0.4) is 0 Å². The third-order valence-corrected chi connectivity index (χ3v) is 3.23. The van der Waals surface area contributed by atoms with Crippen molar-refractivity contribution in [2.75, 3.05) is 11.9 Å². The largest absolute Gasteiger partial charge is 0.487 e. The van der Waals surface area contributed by atoms with Crippen LogP contribution in [0.2, 0.25) is 0 Å². The molecule has 0 aliphatic rings. The van der Waals surface area contributed by atoms with Crippen LogP contribution in [0.1, 0.15) is 6.92 Å². The molecule has 0 spiro atoms. The van der Waals surface area contributed by atoms with E-state index >= 15 is 0 Å². The summed E-state index contributed by atoms with van der Waals surface area (Å²) in [5.41, 5.74) is 0.478. The predicted molar refractivity (Wildman–Crippen MR) is 94.0 cm³/mol. The van der Waals surface area contributed by atoms with Gasteiger partial charge in [0.2, 0.25) is 0 Å². The van der Waals surface area contributed by atoms with Crippen molar-refractivity contribution in [3.05, 3.63) is 71.3 Å². The molecule has 2 aromatic rings. The minimum atomic E-state index is -0.797. The summed E-state index contributed by atoms with van der Waals surface area (Å²) in [5, 5.41) is 13.4. The Labute approximate surface area is 145 Å². The normalized spacial score (nSPS) is 11.2. The zero-order valence-corrected chi connectivity index (χ0v) is 13.7. The summed E-state index contributed by atoms with van der Waals surface area (Å²) in [6.07, 6.45) is 0.813. The lowest BCUT2D eigenvalue weighted by molar-refractivity contribution is -0.384. The van der Waals surface area contributed by atoms with Crippen LogP contribution < -0.4 is 14.8 Å². The van der Waals surface area contributed by atoms with Crippen LogP contribution >= 0.6 is 0 Å². The van der Waals surface area contributed by atoms with Crippen LogP contribution in [0.15, 0.2) is 61.2 Å². The number of nitro groups is 1. The zero-order chi connectivity index (χ0) is 18.2. The molecule has 0 fully saturated rings. The Hall–Kier alpha value is -3.35. The van der Waals surface area contributed by atoms with Crippen LogP contribution in [-0.4, -0.2) is 23.5 Å². The van der Waals surface area contributed by atoms with Gasteiger partial charge in [0.25, 0.3) is 11.6 Å². The molecular formula is C18H18N2O5. The molecule has 0 aliphatic heterocycles. The second-order valence-electron chi connectivity index (χ2n) is 5.10. The van der Waals surface area contributed by atoms with Gasteiger partial charge in [-0.2, -0.15) is 0 Å². The molecule has 0 saturated carbocycles. The van der Waals surface area contributed by atoms with E-state index < -0.39 is 11.0 Å². The first-order chi connectivity index (χ1) is 12.0. The highest BCUT2D eigenvalue weighted by Gasteiger charge is 2.17. The molecule has 7 nitrogen and oxygen atoms in total. The third kappa shape index (κ3) is 5.07. The summed E-state index contributed by atoms with van der Waals surface area (Å²) in [4.78, 5) is 22.4. The van der Waals surface area contributed by atoms with E-state index in [9.17, 15) is 14.9 Å². The summed E-state index contributed by atoms with van der Waals surface area (Å²) in [5.74, 6) is 0.524. The number of rotatable bonds is 8. The van der Waals surface area contributed by atoms with Crippen molar-refractivity contribution in [1.29, 1.82) is 0 Å². The molecule has 25 heavy (non-hydrogen) atoms. The number of carbonyl (C=O) groups is 1. The Bertz CT molecular complexity index is 758. The molecule has 7 heteroatoms. The maximum Gasteiger partial charge on any atom is 0.269 e. The predicted octanol–water partition coefficient (Wildman–Crippen LogP) is 3.57. The van der Waals surface area contributed by atoms with Gasteiger partial charge in [-0.25, -0.2) is 0 Å². The molecule has 1 amide bonds. The van der Waals surface area contributed by atoms with Crippen LogP contribution in [0.25, 0.3) is 0 Å². The first-order valence-corrected chi connectivity index (χ1v) is 7.56. The summed E-state index contributed by atoms with van der Waals surface area (Å²) >= 11 is 0. The molecule has 1 atom stereocenters. The van der Waals surface area contributed by atoms with Crippen molar-refractivity contribution >= 4 is 17.3 Å². The number of hydrogen-bond acceptors (Lipinski definition) is 5. The van der Waals surface area contributed by atoms with Crippen LogP contribution in [0.5, 0.6) is 11.5 Å². The average Bonchev–Trinajstić information content (AvgIpc) is 2.61. The van der Waals surface area contributed by atoms with Crippen LogP contribution in [0.4, 0.5) is 11.4 Å². The molecule has 2 rings (SSSR count). The maximum atomic E-state index is 12.3. The summed E-state index contributed by atoms with van der Waals surface area (Å²) in [6.45, 7) is 5.49. The highest BCUT2D eigenvalue weighted by molar-refractivity contribution is 5.95. The Morgan fingerprint density at radius 3 is 2.60 bits per heavy atom. The van der Waals surface area contributed by atoms with Crippen molar-refractivity contribution < 1.29 is 19.2 Å². The third-order valence-electron chi connectivity index (χ3n) is 3.23. The number of amides is 1. The molecule has 0 saturated heterocycles. The van der Waals surface area contributed by atoms with Crippen molar-refractivity contribution in [3.8, 4) is 11.5 Å². The molecule has 130 valence electrons. The van der Waals surface area contributed by atoms with Gasteiger partial charge in [-0.05, 0) is 31.2 Å². The summed E-state index contributed by atoms with van der Waals surface area (Å²) in [7, 11) is 0. The molecule has 1 N–H and O–H groups in total. The smallest absolute Gasteiger partial charge is 0.269 e. The first-order valence-electron chi connectivity index (χ1n) is 7.56. The highest BCUT2D eigenvalue weighted by atomic mass is 16.6. The molecule has 0 aromatic heterocycles. The van der Waals surface area contributed by atoms with Gasteiger partial charge < -0.3 is 14.8 Å². The second kappa shape index (κ2) is 8.49. The second-order valence-corrected chi connectivity index (χ2v) is 5.10. The Kier molecular flexibility index (Phi) is 6.11. The Morgan fingerprint density at radius 2 is 1.96 bits per heavy atom. The van der Waals surface area contributed by atoms with Gasteiger partial charge in [0, 0.05) is 12.1 Å². The number of ether oxygens (including phenoxy) is 2. The monoisotopic (exact) mass is 342 g/mol. The zero-order valence-electron chi connectivity index (χ0n) is 13.7. The van der Waals surface area contributed by atoms with Gasteiger partial charge in [-0.1, -0.05) is 24.8 Å². The van der Waals surface area contributed by atoms with E-state index in [1.165, 1.54) is 24.3 Å². The molecule has 0 bridgehead atoms. The van der Waals surface area contributed by atoms with E-state index in [-0.39, 0.29) is 11.6 Å². The molecule has 2 aromatic carbocycles. The van der Waals surface area contributed by atoms with E-state index in [2.05, 4.69) is 11.9 Å². The number of nitro benzene ring substituents is 1. The van der Waals surface area contributed by atoms with Crippen molar-refractivity contribution in [3.63, 3.8) is 0 Å². The lowest BCUT2D eigenvalue weighted by atomic mass is 10.2. The van der Waals surface area contributed by atoms with Gasteiger partial charge >= 0.3 is 0 Å². The lowest BCUT2D eigenvalue weighted by Gasteiger charge is -2.16. The fraction of sp³-hybridized carbons (Fsp3) is 0.167. The number of para-hydroxylation sites is 2. The molecule has 1 unspecified atom stereocenters. The fourth-order valence-electron chi connectivity index (χ4n) is 1.98. The van der Waals surface area contributed by atoms with Crippen molar-refractivity contribution in [2.45, 2.75) is 13.0 Å². The van der Waals surface area contributed by atoms with Crippen LogP contribution in [-0.2, 0) is 4.79 Å². The number of benzene rings is 2. The van der Waals surface area contributed by atoms with Gasteiger partial charge in [-0.3, -0.25) is 14.9 Å². The number of carbonyl (C=O) groups excluding carboxylic acids is 1. The van der Waals surface area contributed by atoms with Crippen LogP contribution in [0, 0.1) is 10.1 Å². The molecular weight excluding hydrogens is 324 g/mol. The SMILES string of the molecule is C=CCOc1ccccc1NC(=O)C(C)Oc1ccc([N+](=O)[O-])cc1. The van der Waals surface area contributed by atoms with Crippen molar-refractivity contribution in [2.24, 2.45) is 0 Å². The van der Waals surface area contributed by atoms with E-state index in [1.807, 2.05) is 0 Å². The lowest BCUT2D eigenvalue weighted by Crippen LogP contribution is -2.30. The van der Waals surface area contributed by atoms with Gasteiger partial charge in [-0.15, -0.1) is 0 Å². The first kappa shape index (κ1) is 18.0. The Morgan fingerprint density at radius 1 is 1.28 bits per heavy atom. The maximum absolute atomic E-state index is 12.3.